The predicted octanol–water partition coefficient (Wildman–Crippen LogP) is 3.46. The molecular formula is C22H21N5O. The monoisotopic (exact) mass is 371 g/mol. The molecule has 0 fully saturated rings. The Kier molecular flexibility index (Phi) is 5.10. The first kappa shape index (κ1) is 17.9. The number of aromatic nitrogens is 4. The molecule has 2 aromatic carbocycles. The molecule has 0 atom stereocenters. The van der Waals surface area contributed by atoms with Crippen LogP contribution in [0.2, 0.25) is 0 Å². The maximum Gasteiger partial charge on any atom is 0.252 e. The smallest absolute Gasteiger partial charge is 0.252 e. The molecule has 0 unspecified atom stereocenters. The van der Waals surface area contributed by atoms with Crippen molar-refractivity contribution in [3.63, 3.8) is 0 Å². The molecule has 6 heteroatoms. The van der Waals surface area contributed by atoms with Crippen LogP contribution in [0.3, 0.4) is 0 Å². The van der Waals surface area contributed by atoms with E-state index < -0.39 is 0 Å². The van der Waals surface area contributed by atoms with E-state index >= 15 is 0 Å². The first-order chi connectivity index (χ1) is 13.7. The summed E-state index contributed by atoms with van der Waals surface area (Å²) in [4.78, 5) is 20.6. The minimum atomic E-state index is -0.0553. The van der Waals surface area contributed by atoms with Crippen LogP contribution in [0.4, 0.5) is 0 Å². The molecule has 0 aliphatic rings. The Morgan fingerprint density at radius 1 is 1.00 bits per heavy atom. The van der Waals surface area contributed by atoms with Crippen LogP contribution in [0.5, 0.6) is 0 Å². The lowest BCUT2D eigenvalue weighted by Gasteiger charge is -2.07. The standard InChI is InChI=1S/C22H21N5O/c1-16-4-6-18(7-5-16)19-8-10-20(11-9-19)21(28)23-12-2-3-17-13-24-22-25-15-26-27(22)14-17/h4-11,13-15H,2-3,12H2,1H3,(H,23,28). The molecule has 0 radical (unpaired) electrons. The Bertz CT molecular complexity index is 1080. The zero-order valence-electron chi connectivity index (χ0n) is 15.7. The zero-order chi connectivity index (χ0) is 19.3. The van der Waals surface area contributed by atoms with Gasteiger partial charge in [-0.3, -0.25) is 4.79 Å². The van der Waals surface area contributed by atoms with Crippen molar-refractivity contribution in [3.8, 4) is 11.1 Å². The maximum atomic E-state index is 12.3. The number of fused-ring (bicyclic) bond motifs is 1. The summed E-state index contributed by atoms with van der Waals surface area (Å²) in [5.41, 5.74) is 5.22. The highest BCUT2D eigenvalue weighted by atomic mass is 16.1. The van der Waals surface area contributed by atoms with Gasteiger partial charge in [0.15, 0.2) is 0 Å². The summed E-state index contributed by atoms with van der Waals surface area (Å²) in [6.45, 7) is 2.68. The molecule has 4 rings (SSSR count). The SMILES string of the molecule is Cc1ccc(-c2ccc(C(=O)NCCCc3cnc4ncnn4c3)cc2)cc1. The van der Waals surface area contributed by atoms with Gasteiger partial charge in [0.25, 0.3) is 11.7 Å². The van der Waals surface area contributed by atoms with E-state index in [-0.39, 0.29) is 5.91 Å². The third-order valence-electron chi connectivity index (χ3n) is 4.65. The van der Waals surface area contributed by atoms with Crippen molar-refractivity contribution in [2.24, 2.45) is 0 Å². The summed E-state index contributed by atoms with van der Waals surface area (Å²) in [6.07, 6.45) is 6.84. The molecule has 0 bridgehead atoms. The number of amides is 1. The number of nitrogens with zero attached hydrogens (tertiary/aromatic N) is 4. The molecule has 0 aliphatic carbocycles. The fourth-order valence-corrected chi connectivity index (χ4v) is 3.04. The van der Waals surface area contributed by atoms with Gasteiger partial charge < -0.3 is 5.32 Å². The van der Waals surface area contributed by atoms with Crippen molar-refractivity contribution in [3.05, 3.63) is 83.9 Å². The number of hydrogen-bond acceptors (Lipinski definition) is 4. The van der Waals surface area contributed by atoms with Crippen molar-refractivity contribution in [1.29, 1.82) is 0 Å². The van der Waals surface area contributed by atoms with Crippen LogP contribution in [-0.2, 0) is 6.42 Å². The Labute approximate surface area is 163 Å². The lowest BCUT2D eigenvalue weighted by atomic mass is 10.0. The zero-order valence-corrected chi connectivity index (χ0v) is 15.7. The lowest BCUT2D eigenvalue weighted by Crippen LogP contribution is -2.24. The molecule has 28 heavy (non-hydrogen) atoms. The van der Waals surface area contributed by atoms with Gasteiger partial charge in [0.2, 0.25) is 0 Å². The average molecular weight is 371 g/mol. The van der Waals surface area contributed by atoms with Gasteiger partial charge in [-0.1, -0.05) is 42.0 Å². The molecule has 1 N–H and O–H groups in total. The summed E-state index contributed by atoms with van der Waals surface area (Å²) in [5.74, 6) is 0.534. The number of carbonyl (C=O) groups is 1. The second-order valence-electron chi connectivity index (χ2n) is 6.77. The van der Waals surface area contributed by atoms with E-state index in [1.165, 1.54) is 11.9 Å². The number of aryl methyl sites for hydroxylation is 2. The summed E-state index contributed by atoms with van der Waals surface area (Å²) in [7, 11) is 0. The van der Waals surface area contributed by atoms with E-state index in [0.29, 0.717) is 17.9 Å². The average Bonchev–Trinajstić information content (AvgIpc) is 3.20. The molecule has 0 saturated carbocycles. The first-order valence-corrected chi connectivity index (χ1v) is 9.28. The molecule has 0 spiro atoms. The molecular weight excluding hydrogens is 350 g/mol. The Morgan fingerprint density at radius 2 is 1.71 bits per heavy atom. The normalized spacial score (nSPS) is 10.9. The molecule has 2 aromatic heterocycles. The maximum absolute atomic E-state index is 12.3. The molecule has 4 aromatic rings. The molecule has 2 heterocycles. The van der Waals surface area contributed by atoms with E-state index in [9.17, 15) is 4.79 Å². The van der Waals surface area contributed by atoms with Crippen LogP contribution in [0.15, 0.2) is 67.3 Å². The third-order valence-corrected chi connectivity index (χ3v) is 4.65. The van der Waals surface area contributed by atoms with Gasteiger partial charge in [-0.25, -0.2) is 9.50 Å². The number of rotatable bonds is 6. The van der Waals surface area contributed by atoms with Crippen molar-refractivity contribution in [2.75, 3.05) is 6.54 Å². The van der Waals surface area contributed by atoms with Crippen LogP contribution in [0, 0.1) is 6.92 Å². The van der Waals surface area contributed by atoms with E-state index in [1.807, 2.05) is 30.5 Å². The van der Waals surface area contributed by atoms with Crippen molar-refractivity contribution >= 4 is 11.7 Å². The summed E-state index contributed by atoms with van der Waals surface area (Å²) >= 11 is 0. The van der Waals surface area contributed by atoms with E-state index in [4.69, 9.17) is 0 Å². The molecule has 1 amide bonds. The summed E-state index contributed by atoms with van der Waals surface area (Å²) in [5, 5.41) is 7.06. The van der Waals surface area contributed by atoms with Crippen molar-refractivity contribution < 1.29 is 4.79 Å². The number of hydrogen-bond donors (Lipinski definition) is 1. The predicted molar refractivity (Wildman–Crippen MR) is 108 cm³/mol. The van der Waals surface area contributed by atoms with Gasteiger partial charge in [-0.05, 0) is 48.6 Å². The van der Waals surface area contributed by atoms with E-state index in [1.54, 1.807) is 10.7 Å². The summed E-state index contributed by atoms with van der Waals surface area (Å²) < 4.78 is 1.66. The second-order valence-corrected chi connectivity index (χ2v) is 6.77. The van der Waals surface area contributed by atoms with Crippen LogP contribution in [-0.4, -0.2) is 32.0 Å². The molecule has 140 valence electrons. The van der Waals surface area contributed by atoms with Crippen molar-refractivity contribution in [2.45, 2.75) is 19.8 Å². The van der Waals surface area contributed by atoms with Gasteiger partial charge in [0, 0.05) is 24.5 Å². The largest absolute Gasteiger partial charge is 0.352 e. The van der Waals surface area contributed by atoms with Crippen LogP contribution < -0.4 is 5.32 Å². The van der Waals surface area contributed by atoms with Crippen LogP contribution in [0.25, 0.3) is 16.9 Å². The third kappa shape index (κ3) is 4.06. The van der Waals surface area contributed by atoms with E-state index in [0.717, 1.165) is 29.5 Å². The Balaban J connectivity index is 1.29. The van der Waals surface area contributed by atoms with E-state index in [2.05, 4.69) is 51.6 Å². The number of carbonyl (C=O) groups excluding carboxylic acids is 1. The van der Waals surface area contributed by atoms with Crippen molar-refractivity contribution in [1.82, 2.24) is 24.9 Å². The molecule has 0 aliphatic heterocycles. The van der Waals surface area contributed by atoms with Crippen LogP contribution >= 0.6 is 0 Å². The number of benzene rings is 2. The van der Waals surface area contributed by atoms with Gasteiger partial charge in [-0.2, -0.15) is 10.1 Å². The fourth-order valence-electron chi connectivity index (χ4n) is 3.04. The Morgan fingerprint density at radius 3 is 2.46 bits per heavy atom. The van der Waals surface area contributed by atoms with Crippen LogP contribution in [0.1, 0.15) is 27.9 Å². The molecule has 0 saturated heterocycles. The quantitative estimate of drug-likeness (QED) is 0.527. The molecule has 6 nitrogen and oxygen atoms in total. The van der Waals surface area contributed by atoms with Gasteiger partial charge in [-0.15, -0.1) is 0 Å². The Hall–Kier alpha value is -3.54. The minimum absolute atomic E-state index is 0.0553. The summed E-state index contributed by atoms with van der Waals surface area (Å²) in [6, 6.07) is 16.1. The highest BCUT2D eigenvalue weighted by molar-refractivity contribution is 5.94. The minimum Gasteiger partial charge on any atom is -0.352 e. The highest BCUT2D eigenvalue weighted by Gasteiger charge is 2.06. The van der Waals surface area contributed by atoms with Gasteiger partial charge in [0.1, 0.15) is 6.33 Å². The highest BCUT2D eigenvalue weighted by Crippen LogP contribution is 2.20. The number of nitrogens with one attached hydrogen (secondary N) is 1. The lowest BCUT2D eigenvalue weighted by molar-refractivity contribution is 0.0953. The first-order valence-electron chi connectivity index (χ1n) is 9.28. The second kappa shape index (κ2) is 8.00. The fraction of sp³-hybridized carbons (Fsp3) is 0.182. The van der Waals surface area contributed by atoms with Gasteiger partial charge in [0.05, 0.1) is 0 Å². The van der Waals surface area contributed by atoms with Gasteiger partial charge >= 0.3 is 0 Å². The topological polar surface area (TPSA) is 72.2 Å².